The standard InChI is InChI=1S/C54H54N2O8/c1-3-33-55(36-40-17-9-5-10-18-40,38-42-25-29-46(30-26-42)63-44-21-13-7-14-22-44)52(61)54(35-48(50(57)58)49(54)51(59)60)53(62)56(34-4-2,37-41-19-11-6-12-20-41)39-43-27-31-47(32-28-43)64-45-23-15-8-16-24-45/h5-32,48-49H,3-4,33-39H2,1-2H3/p+2/t48-,49-,55+,56+/m1/s1. The number of carbonyl (C=O) groups excluding carboxylic acids is 2. The molecule has 1 aliphatic rings. The van der Waals surface area contributed by atoms with Crippen LogP contribution in [0.4, 0.5) is 0 Å². The van der Waals surface area contributed by atoms with E-state index in [0.29, 0.717) is 35.8 Å². The van der Waals surface area contributed by atoms with Crippen LogP contribution in [0.3, 0.4) is 0 Å². The van der Waals surface area contributed by atoms with Gasteiger partial charge >= 0.3 is 23.8 Å². The van der Waals surface area contributed by atoms with Crippen molar-refractivity contribution >= 4 is 23.8 Å². The molecule has 0 spiro atoms. The van der Waals surface area contributed by atoms with Crippen LogP contribution in [0.2, 0.25) is 0 Å². The molecule has 6 aromatic carbocycles. The lowest BCUT2D eigenvalue weighted by molar-refractivity contribution is -0.895. The van der Waals surface area contributed by atoms with Gasteiger partial charge in [0.15, 0.2) is 0 Å². The molecular weight excluding hydrogens is 805 g/mol. The van der Waals surface area contributed by atoms with Gasteiger partial charge in [0.05, 0.1) is 19.0 Å². The Morgan fingerprint density at radius 2 is 0.781 bits per heavy atom. The Morgan fingerprint density at radius 1 is 0.469 bits per heavy atom. The Morgan fingerprint density at radius 3 is 1.09 bits per heavy atom. The van der Waals surface area contributed by atoms with Gasteiger partial charge in [-0.1, -0.05) is 111 Å². The van der Waals surface area contributed by atoms with Crippen molar-refractivity contribution in [2.24, 2.45) is 17.3 Å². The maximum absolute atomic E-state index is 16.4. The molecule has 328 valence electrons. The van der Waals surface area contributed by atoms with Gasteiger partial charge in [-0.3, -0.25) is 18.6 Å². The Kier molecular flexibility index (Phi) is 14.2. The van der Waals surface area contributed by atoms with Gasteiger partial charge in [0.25, 0.3) is 0 Å². The Balaban J connectivity index is 1.36. The molecule has 0 saturated heterocycles. The first-order valence-corrected chi connectivity index (χ1v) is 22.0. The fourth-order valence-electron chi connectivity index (χ4n) is 9.68. The first-order chi connectivity index (χ1) is 31.0. The number of carbonyl (C=O) groups is 4. The van der Waals surface area contributed by atoms with Gasteiger partial charge in [-0.2, -0.15) is 0 Å². The number of para-hydroxylation sites is 2. The van der Waals surface area contributed by atoms with E-state index in [2.05, 4.69) is 0 Å². The minimum absolute atomic E-state index is 0.127. The van der Waals surface area contributed by atoms with E-state index in [1.54, 1.807) is 0 Å². The van der Waals surface area contributed by atoms with E-state index in [4.69, 9.17) is 9.47 Å². The van der Waals surface area contributed by atoms with Crippen molar-refractivity contribution in [3.8, 4) is 23.0 Å². The summed E-state index contributed by atoms with van der Waals surface area (Å²) in [6.07, 6.45) is 0.616. The van der Waals surface area contributed by atoms with Crippen LogP contribution < -0.4 is 9.47 Å². The van der Waals surface area contributed by atoms with E-state index >= 15 is 9.59 Å². The van der Waals surface area contributed by atoms with Gasteiger partial charge in [-0.15, -0.1) is 0 Å². The molecular formula is C54H56N2O8+2. The van der Waals surface area contributed by atoms with Crippen LogP contribution in [0, 0.1) is 17.3 Å². The number of carboxylic acid groups (broad SMARTS) is 2. The zero-order chi connectivity index (χ0) is 45.2. The second-order valence-corrected chi connectivity index (χ2v) is 17.0. The van der Waals surface area contributed by atoms with Crippen LogP contribution in [-0.4, -0.2) is 56.0 Å². The molecule has 0 aliphatic heterocycles. The number of aliphatic carboxylic acids is 2. The average molecular weight is 861 g/mol. The molecule has 1 aliphatic carbocycles. The van der Waals surface area contributed by atoms with Gasteiger partial charge in [-0.25, -0.2) is 9.59 Å². The fourth-order valence-corrected chi connectivity index (χ4v) is 9.68. The van der Waals surface area contributed by atoms with E-state index < -0.39 is 47.4 Å². The number of rotatable bonds is 20. The van der Waals surface area contributed by atoms with E-state index in [1.165, 1.54) is 0 Å². The van der Waals surface area contributed by atoms with Crippen molar-refractivity contribution in [2.75, 3.05) is 13.1 Å². The lowest BCUT2D eigenvalue weighted by Crippen LogP contribution is -2.75. The van der Waals surface area contributed by atoms with E-state index in [0.717, 1.165) is 22.3 Å². The quantitative estimate of drug-likeness (QED) is 0.0574. The summed E-state index contributed by atoms with van der Waals surface area (Å²) in [5.41, 5.74) is 1.01. The van der Waals surface area contributed by atoms with E-state index in [9.17, 15) is 19.8 Å². The van der Waals surface area contributed by atoms with Crippen LogP contribution in [-0.2, 0) is 45.4 Å². The summed E-state index contributed by atoms with van der Waals surface area (Å²) < 4.78 is 11.6. The molecule has 64 heavy (non-hydrogen) atoms. The second-order valence-electron chi connectivity index (χ2n) is 17.0. The highest BCUT2D eigenvalue weighted by Gasteiger charge is 2.77. The van der Waals surface area contributed by atoms with Crippen molar-refractivity contribution in [3.63, 3.8) is 0 Å². The molecule has 1 fully saturated rings. The summed E-state index contributed by atoms with van der Waals surface area (Å²) in [6.45, 7) is 5.03. The average Bonchev–Trinajstić information content (AvgIpc) is 3.28. The van der Waals surface area contributed by atoms with E-state index in [1.807, 2.05) is 184 Å². The highest BCUT2D eigenvalue weighted by molar-refractivity contribution is 6.07. The lowest BCUT2D eigenvalue weighted by Gasteiger charge is -2.53. The van der Waals surface area contributed by atoms with Gasteiger partial charge in [0.1, 0.15) is 55.1 Å². The van der Waals surface area contributed by atoms with Crippen LogP contribution in [0.25, 0.3) is 0 Å². The SMILES string of the molecule is CCC[N@+](Cc1ccccc1)(Cc1ccc(Oc2ccccc2)cc1)C(=O)C1(C(=O)[N@@+](CCC)(Cc2ccccc2)Cc2ccc(Oc3ccccc3)cc2)C[C@@H](C(=O)O)[C@@H]1C(=O)O. The summed E-state index contributed by atoms with van der Waals surface area (Å²) in [4.78, 5) is 59.5. The molecule has 0 bridgehead atoms. The normalized spacial score (nSPS) is 17.2. The molecule has 2 N–H and O–H groups in total. The number of ether oxygens (including phenoxy) is 2. The Bertz CT molecular complexity index is 2350. The van der Waals surface area contributed by atoms with Crippen molar-refractivity contribution in [3.05, 3.63) is 192 Å². The second kappa shape index (κ2) is 20.1. The van der Waals surface area contributed by atoms with Crippen molar-refractivity contribution < 1.29 is 47.8 Å². The Labute approximate surface area is 375 Å². The van der Waals surface area contributed by atoms with Crippen LogP contribution in [0.1, 0.15) is 55.4 Å². The van der Waals surface area contributed by atoms with E-state index in [-0.39, 0.29) is 48.2 Å². The summed E-state index contributed by atoms with van der Waals surface area (Å²) in [5, 5.41) is 21.7. The largest absolute Gasteiger partial charge is 0.481 e. The summed E-state index contributed by atoms with van der Waals surface area (Å²) in [6, 6.07) is 52.7. The van der Waals surface area contributed by atoms with Crippen LogP contribution in [0.15, 0.2) is 170 Å². The lowest BCUT2D eigenvalue weighted by atomic mass is 9.51. The number of carboxylic acids is 2. The van der Waals surface area contributed by atoms with Gasteiger partial charge in [-0.05, 0) is 92.1 Å². The molecule has 10 heteroatoms. The molecule has 1 saturated carbocycles. The molecule has 10 nitrogen and oxygen atoms in total. The van der Waals surface area contributed by atoms with Gasteiger partial charge in [0, 0.05) is 22.3 Å². The highest BCUT2D eigenvalue weighted by atomic mass is 16.5. The molecule has 0 aromatic heterocycles. The smallest absolute Gasteiger partial charge is 0.335 e. The third-order valence-electron chi connectivity index (χ3n) is 12.4. The number of amides is 2. The van der Waals surface area contributed by atoms with Crippen LogP contribution in [0.5, 0.6) is 23.0 Å². The third kappa shape index (κ3) is 9.84. The maximum atomic E-state index is 16.4. The highest BCUT2D eigenvalue weighted by Crippen LogP contribution is 2.57. The maximum Gasteiger partial charge on any atom is 0.335 e. The molecule has 4 atom stereocenters. The van der Waals surface area contributed by atoms with Crippen molar-refractivity contribution in [2.45, 2.75) is 59.3 Å². The monoisotopic (exact) mass is 860 g/mol. The molecule has 0 heterocycles. The van der Waals surface area contributed by atoms with Crippen molar-refractivity contribution in [1.29, 1.82) is 0 Å². The van der Waals surface area contributed by atoms with Crippen LogP contribution >= 0.6 is 0 Å². The molecule has 2 amide bonds. The summed E-state index contributed by atoms with van der Waals surface area (Å²) in [5.74, 6) is -4.69. The molecule has 7 rings (SSSR count). The number of hydrogen-bond donors (Lipinski definition) is 2. The molecule has 0 radical (unpaired) electrons. The third-order valence-corrected chi connectivity index (χ3v) is 12.4. The zero-order valence-corrected chi connectivity index (χ0v) is 36.4. The number of hydrogen-bond acceptors (Lipinski definition) is 6. The number of quaternary nitrogens is 2. The Hall–Kier alpha value is -6.88. The first-order valence-electron chi connectivity index (χ1n) is 22.0. The number of benzene rings is 6. The predicted molar refractivity (Wildman–Crippen MR) is 244 cm³/mol. The fraction of sp³-hybridized carbons (Fsp3) is 0.259. The molecule has 6 aromatic rings. The van der Waals surface area contributed by atoms with Gasteiger partial charge < -0.3 is 19.7 Å². The minimum atomic E-state index is -2.20. The predicted octanol–water partition coefficient (Wildman–Crippen LogP) is 10.7. The van der Waals surface area contributed by atoms with Crippen molar-refractivity contribution in [1.82, 2.24) is 0 Å². The minimum Gasteiger partial charge on any atom is -0.481 e. The zero-order valence-electron chi connectivity index (χ0n) is 36.4. The number of nitrogens with zero attached hydrogens (tertiary/aromatic N) is 2. The van der Waals surface area contributed by atoms with Gasteiger partial charge in [0.2, 0.25) is 5.41 Å². The molecule has 0 unspecified atom stereocenters. The first kappa shape index (κ1) is 45.2. The summed E-state index contributed by atoms with van der Waals surface area (Å²) >= 11 is 0. The topological polar surface area (TPSA) is 127 Å². The summed E-state index contributed by atoms with van der Waals surface area (Å²) in [7, 11) is 0.